The van der Waals surface area contributed by atoms with Crippen molar-refractivity contribution in [1.29, 1.82) is 0 Å². The van der Waals surface area contributed by atoms with Crippen LogP contribution in [0, 0.1) is 6.92 Å². The van der Waals surface area contributed by atoms with E-state index in [9.17, 15) is 9.59 Å². The third-order valence-corrected chi connectivity index (χ3v) is 3.57. The van der Waals surface area contributed by atoms with Crippen molar-refractivity contribution in [2.75, 3.05) is 17.7 Å². The maximum Gasteiger partial charge on any atom is 0.360 e. The summed E-state index contributed by atoms with van der Waals surface area (Å²) in [5.74, 6) is -1.11. The first-order valence-electron chi connectivity index (χ1n) is 7.56. The van der Waals surface area contributed by atoms with Crippen LogP contribution in [0.2, 0.25) is 0 Å². The lowest BCUT2D eigenvalue weighted by Gasteiger charge is -2.09. The molecule has 0 bridgehead atoms. The van der Waals surface area contributed by atoms with Crippen molar-refractivity contribution in [2.24, 2.45) is 0 Å². The third-order valence-electron chi connectivity index (χ3n) is 3.57. The smallest absolute Gasteiger partial charge is 0.360 e. The van der Waals surface area contributed by atoms with Crippen LogP contribution >= 0.6 is 0 Å². The number of nitrogen functional groups attached to an aromatic ring is 1. The van der Waals surface area contributed by atoms with Crippen LogP contribution in [0.5, 0.6) is 0 Å². The predicted octanol–water partition coefficient (Wildman–Crippen LogP) is 1.44. The highest BCUT2D eigenvalue weighted by Gasteiger charge is 2.22. The van der Waals surface area contributed by atoms with Gasteiger partial charge in [-0.3, -0.25) is 9.20 Å². The normalized spacial score (nSPS) is 10.6. The first kappa shape index (κ1) is 16.4. The van der Waals surface area contributed by atoms with E-state index in [0.717, 1.165) is 5.56 Å². The molecule has 0 radical (unpaired) electrons. The van der Waals surface area contributed by atoms with Gasteiger partial charge in [0.25, 0.3) is 5.91 Å². The molecule has 0 atom stereocenters. The van der Waals surface area contributed by atoms with Gasteiger partial charge in [0.2, 0.25) is 0 Å². The number of imidazole rings is 1. The average Bonchev–Trinajstić information content (AvgIpc) is 3.02. The van der Waals surface area contributed by atoms with Crippen molar-refractivity contribution < 1.29 is 14.3 Å². The number of amides is 1. The Bertz CT molecular complexity index is 966. The highest BCUT2D eigenvalue weighted by molar-refractivity contribution is 6.06. The minimum Gasteiger partial charge on any atom is -0.461 e. The molecular weight excluding hydrogens is 324 g/mol. The monoisotopic (exact) mass is 340 g/mol. The van der Waals surface area contributed by atoms with Gasteiger partial charge in [-0.05, 0) is 25.5 Å². The second-order valence-corrected chi connectivity index (χ2v) is 5.21. The molecule has 3 rings (SSSR count). The topological polar surface area (TPSA) is 124 Å². The van der Waals surface area contributed by atoms with Crippen LogP contribution < -0.4 is 11.1 Å². The van der Waals surface area contributed by atoms with Gasteiger partial charge in [0, 0.05) is 5.69 Å². The van der Waals surface area contributed by atoms with E-state index in [0.29, 0.717) is 5.69 Å². The van der Waals surface area contributed by atoms with E-state index < -0.39 is 11.9 Å². The number of benzene rings is 1. The number of aryl methyl sites for hydroxylation is 1. The number of aromatic nitrogens is 4. The second-order valence-electron chi connectivity index (χ2n) is 5.21. The van der Waals surface area contributed by atoms with Crippen LogP contribution in [0.4, 0.5) is 11.5 Å². The summed E-state index contributed by atoms with van der Waals surface area (Å²) >= 11 is 0. The Morgan fingerprint density at radius 2 is 2.00 bits per heavy atom. The Labute approximate surface area is 142 Å². The van der Waals surface area contributed by atoms with Crippen molar-refractivity contribution in [3.63, 3.8) is 0 Å². The van der Waals surface area contributed by atoms with Crippen LogP contribution in [0.25, 0.3) is 5.65 Å². The van der Waals surface area contributed by atoms with Crippen molar-refractivity contribution in [3.8, 4) is 0 Å². The average molecular weight is 340 g/mol. The number of rotatable bonds is 4. The fourth-order valence-corrected chi connectivity index (χ4v) is 2.28. The third kappa shape index (κ3) is 2.99. The highest BCUT2D eigenvalue weighted by atomic mass is 16.5. The fraction of sp³-hybridized carbons (Fsp3) is 0.188. The molecule has 2 heterocycles. The number of fused-ring (bicyclic) bond motifs is 1. The van der Waals surface area contributed by atoms with Crippen molar-refractivity contribution in [3.05, 3.63) is 47.5 Å². The molecule has 1 aromatic carbocycles. The molecule has 0 aliphatic rings. The molecule has 3 aromatic rings. The van der Waals surface area contributed by atoms with E-state index in [1.54, 1.807) is 13.0 Å². The van der Waals surface area contributed by atoms with Gasteiger partial charge in [-0.15, -0.1) is 10.2 Å². The predicted molar refractivity (Wildman–Crippen MR) is 90.3 cm³/mol. The maximum atomic E-state index is 12.5. The summed E-state index contributed by atoms with van der Waals surface area (Å²) in [5.41, 5.74) is 7.60. The van der Waals surface area contributed by atoms with Crippen LogP contribution in [-0.4, -0.2) is 38.1 Å². The summed E-state index contributed by atoms with van der Waals surface area (Å²) in [6.07, 6.45) is 1.30. The van der Waals surface area contributed by atoms with Crippen LogP contribution in [0.3, 0.4) is 0 Å². The standard InChI is InChI=1S/C16H16N6O3/c1-3-25-16(24)12-14-21-20-11(13(17)22(14)8-18-12)15(23)19-10-7-5-4-6-9(10)2/h4-8H,3,17H2,1-2H3,(H,19,23). The van der Waals surface area contributed by atoms with E-state index in [1.165, 1.54) is 10.7 Å². The molecule has 0 spiro atoms. The molecule has 0 aliphatic carbocycles. The summed E-state index contributed by atoms with van der Waals surface area (Å²) < 4.78 is 6.23. The molecule has 3 N–H and O–H groups in total. The van der Waals surface area contributed by atoms with E-state index >= 15 is 0 Å². The molecule has 128 valence electrons. The van der Waals surface area contributed by atoms with E-state index in [-0.39, 0.29) is 29.5 Å². The number of para-hydroxylation sites is 1. The highest BCUT2D eigenvalue weighted by Crippen LogP contribution is 2.18. The minimum absolute atomic E-state index is 0.00749. The zero-order valence-corrected chi connectivity index (χ0v) is 13.7. The van der Waals surface area contributed by atoms with E-state index in [2.05, 4.69) is 20.5 Å². The Kier molecular flexibility index (Phi) is 4.29. The fourth-order valence-electron chi connectivity index (χ4n) is 2.28. The minimum atomic E-state index is -0.629. The molecule has 0 unspecified atom stereocenters. The van der Waals surface area contributed by atoms with Gasteiger partial charge < -0.3 is 15.8 Å². The molecule has 9 nitrogen and oxygen atoms in total. The Morgan fingerprint density at radius 3 is 2.72 bits per heavy atom. The maximum absolute atomic E-state index is 12.5. The summed E-state index contributed by atoms with van der Waals surface area (Å²) in [6.45, 7) is 3.76. The lowest BCUT2D eigenvalue weighted by Crippen LogP contribution is -2.19. The number of anilines is 2. The quantitative estimate of drug-likeness (QED) is 0.688. The molecule has 0 fully saturated rings. The number of nitrogens with two attached hydrogens (primary N) is 1. The van der Waals surface area contributed by atoms with E-state index in [4.69, 9.17) is 10.5 Å². The van der Waals surface area contributed by atoms with Gasteiger partial charge in [-0.1, -0.05) is 18.2 Å². The lowest BCUT2D eigenvalue weighted by atomic mass is 10.2. The number of hydrogen-bond donors (Lipinski definition) is 2. The van der Waals surface area contributed by atoms with Crippen LogP contribution in [0.15, 0.2) is 30.6 Å². The van der Waals surface area contributed by atoms with Gasteiger partial charge in [0.1, 0.15) is 12.1 Å². The first-order valence-corrected chi connectivity index (χ1v) is 7.56. The molecule has 9 heteroatoms. The zero-order valence-electron chi connectivity index (χ0n) is 13.7. The number of nitrogens with zero attached hydrogens (tertiary/aromatic N) is 4. The van der Waals surface area contributed by atoms with Gasteiger partial charge in [0.05, 0.1) is 6.61 Å². The second kappa shape index (κ2) is 6.56. The van der Waals surface area contributed by atoms with E-state index in [1.807, 2.05) is 25.1 Å². The summed E-state index contributed by atoms with van der Waals surface area (Å²) in [6, 6.07) is 7.32. The summed E-state index contributed by atoms with van der Waals surface area (Å²) in [5, 5.41) is 10.5. The SMILES string of the molecule is CCOC(=O)c1ncn2c(N)c(C(=O)Nc3ccccc3C)nnc12. The van der Waals surface area contributed by atoms with Gasteiger partial charge in [-0.2, -0.15) is 0 Å². The van der Waals surface area contributed by atoms with Crippen molar-refractivity contribution >= 4 is 29.0 Å². The molecule has 0 aliphatic heterocycles. The number of nitrogens with one attached hydrogen (secondary N) is 1. The molecule has 0 saturated carbocycles. The Balaban J connectivity index is 1.95. The molecule has 0 saturated heterocycles. The van der Waals surface area contributed by atoms with Crippen molar-refractivity contribution in [1.82, 2.24) is 19.6 Å². The Morgan fingerprint density at radius 1 is 1.24 bits per heavy atom. The van der Waals surface area contributed by atoms with Gasteiger partial charge in [-0.25, -0.2) is 9.78 Å². The zero-order chi connectivity index (χ0) is 18.0. The number of carbonyl (C=O) groups excluding carboxylic acids is 2. The van der Waals surface area contributed by atoms with Crippen LogP contribution in [0.1, 0.15) is 33.5 Å². The summed E-state index contributed by atoms with van der Waals surface area (Å²) in [4.78, 5) is 28.2. The number of hydrogen-bond acceptors (Lipinski definition) is 7. The van der Waals surface area contributed by atoms with Gasteiger partial charge >= 0.3 is 5.97 Å². The molecule has 2 aromatic heterocycles. The van der Waals surface area contributed by atoms with Gasteiger partial charge in [0.15, 0.2) is 17.0 Å². The Hall–Kier alpha value is -3.49. The summed E-state index contributed by atoms with van der Waals surface area (Å²) in [7, 11) is 0. The molecule has 1 amide bonds. The van der Waals surface area contributed by atoms with Crippen molar-refractivity contribution in [2.45, 2.75) is 13.8 Å². The largest absolute Gasteiger partial charge is 0.461 e. The number of esters is 1. The first-order chi connectivity index (χ1) is 12.0. The molecule has 25 heavy (non-hydrogen) atoms. The van der Waals surface area contributed by atoms with Crippen LogP contribution in [-0.2, 0) is 4.74 Å². The lowest BCUT2D eigenvalue weighted by molar-refractivity contribution is 0.0522. The molecular formula is C16H16N6O3. The number of ether oxygens (including phenoxy) is 1. The number of carbonyl (C=O) groups is 2.